The van der Waals surface area contributed by atoms with Gasteiger partial charge in [0.2, 0.25) is 0 Å². The second-order valence-corrected chi connectivity index (χ2v) is 2.78. The first kappa shape index (κ1) is 7.30. The van der Waals surface area contributed by atoms with Gasteiger partial charge in [-0.3, -0.25) is 4.57 Å². The summed E-state index contributed by atoms with van der Waals surface area (Å²) in [7, 11) is 1.61. The molecule has 0 fully saturated rings. The number of halogens is 1. The largest absolute Gasteiger partial charge is 0.327 e. The van der Waals surface area contributed by atoms with Crippen LogP contribution in [0, 0.1) is 0 Å². The van der Waals surface area contributed by atoms with Gasteiger partial charge in [-0.2, -0.15) is 0 Å². The fourth-order valence-corrected chi connectivity index (χ4v) is 1.14. The Bertz CT molecular complexity index is 486. The van der Waals surface area contributed by atoms with Crippen molar-refractivity contribution >= 4 is 22.8 Å². The molecule has 0 unspecified atom stereocenters. The maximum atomic E-state index is 11.0. The maximum absolute atomic E-state index is 11.0. The van der Waals surface area contributed by atoms with Crippen LogP contribution in [-0.2, 0) is 7.05 Å². The fourth-order valence-electron chi connectivity index (χ4n) is 0.997. The van der Waals surface area contributed by atoms with Gasteiger partial charge >= 0.3 is 5.69 Å². The Morgan fingerprint density at radius 2 is 2.33 bits per heavy atom. The van der Waals surface area contributed by atoms with Gasteiger partial charge in [-0.15, -0.1) is 10.2 Å². The number of hydrogen-bond donors (Lipinski definition) is 1. The lowest BCUT2D eigenvalue weighted by Gasteiger charge is -1.89. The molecule has 0 aromatic carbocycles. The van der Waals surface area contributed by atoms with E-state index in [-0.39, 0.29) is 10.8 Å². The second-order valence-electron chi connectivity index (χ2n) is 2.39. The number of nitrogens with one attached hydrogen (secondary N) is 1. The SMILES string of the molecule is Cn1c(=O)[nH]c2cc(Cl)nnc21. The molecule has 2 rings (SSSR count). The van der Waals surface area contributed by atoms with Crippen LogP contribution in [0.15, 0.2) is 10.9 Å². The lowest BCUT2D eigenvalue weighted by molar-refractivity contribution is 0.864. The highest BCUT2D eigenvalue weighted by atomic mass is 35.5. The number of aromatic amines is 1. The Morgan fingerprint density at radius 1 is 1.58 bits per heavy atom. The van der Waals surface area contributed by atoms with Crippen LogP contribution in [0.2, 0.25) is 5.15 Å². The maximum Gasteiger partial charge on any atom is 0.327 e. The Labute approximate surface area is 72.0 Å². The van der Waals surface area contributed by atoms with Crippen LogP contribution in [0.4, 0.5) is 0 Å². The van der Waals surface area contributed by atoms with Crippen LogP contribution in [0.3, 0.4) is 0 Å². The predicted molar refractivity (Wildman–Crippen MR) is 44.1 cm³/mol. The summed E-state index contributed by atoms with van der Waals surface area (Å²) in [6.07, 6.45) is 0. The molecule has 0 saturated carbocycles. The molecule has 0 amide bonds. The van der Waals surface area contributed by atoms with Crippen molar-refractivity contribution in [3.8, 4) is 0 Å². The summed E-state index contributed by atoms with van der Waals surface area (Å²) in [4.78, 5) is 13.6. The van der Waals surface area contributed by atoms with Crippen LogP contribution in [0.1, 0.15) is 0 Å². The van der Waals surface area contributed by atoms with E-state index in [1.807, 2.05) is 0 Å². The van der Waals surface area contributed by atoms with E-state index in [9.17, 15) is 4.79 Å². The van der Waals surface area contributed by atoms with Gasteiger partial charge in [-0.25, -0.2) is 4.79 Å². The first-order chi connectivity index (χ1) is 5.68. The van der Waals surface area contributed by atoms with Crippen molar-refractivity contribution in [1.29, 1.82) is 0 Å². The number of fused-ring (bicyclic) bond motifs is 1. The quantitative estimate of drug-likeness (QED) is 0.641. The zero-order chi connectivity index (χ0) is 8.72. The molecule has 2 aromatic rings. The van der Waals surface area contributed by atoms with Crippen LogP contribution in [-0.4, -0.2) is 19.7 Å². The van der Waals surface area contributed by atoms with Crippen LogP contribution in [0.25, 0.3) is 11.2 Å². The molecule has 0 bridgehead atoms. The van der Waals surface area contributed by atoms with Crippen molar-refractivity contribution in [2.45, 2.75) is 0 Å². The molecule has 5 nitrogen and oxygen atoms in total. The fraction of sp³-hybridized carbons (Fsp3) is 0.167. The zero-order valence-electron chi connectivity index (χ0n) is 6.21. The summed E-state index contributed by atoms with van der Waals surface area (Å²) in [5.41, 5.74) is 0.883. The summed E-state index contributed by atoms with van der Waals surface area (Å²) in [5, 5.41) is 7.64. The topological polar surface area (TPSA) is 63.6 Å². The van der Waals surface area contributed by atoms with E-state index in [0.29, 0.717) is 11.2 Å². The molecule has 12 heavy (non-hydrogen) atoms. The molecule has 2 heterocycles. The average molecular weight is 185 g/mol. The molecule has 1 N–H and O–H groups in total. The Hall–Kier alpha value is -1.36. The number of aryl methyl sites for hydroxylation is 1. The Kier molecular flexibility index (Phi) is 1.41. The molecule has 0 spiro atoms. The molecule has 0 saturated heterocycles. The van der Waals surface area contributed by atoms with Gasteiger partial charge in [-0.05, 0) is 0 Å². The van der Waals surface area contributed by atoms with E-state index in [4.69, 9.17) is 11.6 Å². The number of imidazole rings is 1. The third-order valence-corrected chi connectivity index (χ3v) is 1.79. The van der Waals surface area contributed by atoms with Gasteiger partial charge in [0, 0.05) is 13.1 Å². The van der Waals surface area contributed by atoms with Gasteiger partial charge in [-0.1, -0.05) is 11.6 Å². The Morgan fingerprint density at radius 3 is 3.08 bits per heavy atom. The first-order valence-corrected chi connectivity index (χ1v) is 3.64. The summed E-state index contributed by atoms with van der Waals surface area (Å²) < 4.78 is 1.37. The van der Waals surface area contributed by atoms with E-state index < -0.39 is 0 Å². The van der Waals surface area contributed by atoms with Crippen molar-refractivity contribution in [2.24, 2.45) is 7.05 Å². The number of aromatic nitrogens is 4. The first-order valence-electron chi connectivity index (χ1n) is 3.26. The molecule has 0 aliphatic heterocycles. The predicted octanol–water partition coefficient (Wildman–Crippen LogP) is 0.310. The van der Waals surface area contributed by atoms with Crippen LogP contribution in [0.5, 0.6) is 0 Å². The third kappa shape index (κ3) is 0.902. The average Bonchev–Trinajstić information content (AvgIpc) is 2.28. The minimum absolute atomic E-state index is 0.221. The van der Waals surface area contributed by atoms with Crippen molar-refractivity contribution in [3.05, 3.63) is 21.7 Å². The van der Waals surface area contributed by atoms with E-state index in [1.54, 1.807) is 13.1 Å². The lowest BCUT2D eigenvalue weighted by Crippen LogP contribution is -2.12. The van der Waals surface area contributed by atoms with Crippen molar-refractivity contribution in [2.75, 3.05) is 0 Å². The molecule has 0 atom stereocenters. The molecule has 0 aliphatic carbocycles. The van der Waals surface area contributed by atoms with Crippen molar-refractivity contribution < 1.29 is 0 Å². The summed E-state index contributed by atoms with van der Waals surface area (Å²) in [6.45, 7) is 0. The highest BCUT2D eigenvalue weighted by Crippen LogP contribution is 2.09. The highest BCUT2D eigenvalue weighted by Gasteiger charge is 2.04. The smallest absolute Gasteiger partial charge is 0.304 e. The molecular weight excluding hydrogens is 180 g/mol. The van der Waals surface area contributed by atoms with Gasteiger partial charge in [0.1, 0.15) is 0 Å². The summed E-state index contributed by atoms with van der Waals surface area (Å²) in [5.74, 6) is 0. The van der Waals surface area contributed by atoms with Gasteiger partial charge in [0.15, 0.2) is 10.8 Å². The van der Waals surface area contributed by atoms with Gasteiger partial charge in [0.25, 0.3) is 0 Å². The lowest BCUT2D eigenvalue weighted by atomic mass is 10.5. The molecule has 2 aromatic heterocycles. The standard InChI is InChI=1S/C6H5ClN4O/c1-11-5-3(8-6(11)12)2-4(7)9-10-5/h2H,1H3,(H,8,12). The molecule has 62 valence electrons. The van der Waals surface area contributed by atoms with Crippen LogP contribution >= 0.6 is 11.6 Å². The normalized spacial score (nSPS) is 10.8. The summed E-state index contributed by atoms with van der Waals surface area (Å²) in [6, 6.07) is 1.56. The highest BCUT2D eigenvalue weighted by molar-refractivity contribution is 6.29. The van der Waals surface area contributed by atoms with E-state index >= 15 is 0 Å². The van der Waals surface area contributed by atoms with Crippen LogP contribution < -0.4 is 5.69 Å². The number of H-pyrrole nitrogens is 1. The number of rotatable bonds is 0. The molecule has 6 heteroatoms. The molecular formula is C6H5ClN4O. The van der Waals surface area contributed by atoms with E-state index in [0.717, 1.165) is 0 Å². The van der Waals surface area contributed by atoms with Gasteiger partial charge < -0.3 is 4.98 Å². The number of hydrogen-bond acceptors (Lipinski definition) is 3. The molecule has 0 radical (unpaired) electrons. The minimum Gasteiger partial charge on any atom is -0.304 e. The zero-order valence-corrected chi connectivity index (χ0v) is 6.96. The van der Waals surface area contributed by atoms with E-state index in [2.05, 4.69) is 15.2 Å². The number of nitrogens with zero attached hydrogens (tertiary/aromatic N) is 3. The second kappa shape index (κ2) is 2.31. The van der Waals surface area contributed by atoms with Crippen molar-refractivity contribution in [3.63, 3.8) is 0 Å². The summed E-state index contributed by atoms with van der Waals surface area (Å²) >= 11 is 5.58. The van der Waals surface area contributed by atoms with Crippen molar-refractivity contribution in [1.82, 2.24) is 19.7 Å². The van der Waals surface area contributed by atoms with Gasteiger partial charge in [0.05, 0.1) is 5.52 Å². The Balaban J connectivity index is 2.96. The minimum atomic E-state index is -0.221. The third-order valence-electron chi connectivity index (χ3n) is 1.61. The van der Waals surface area contributed by atoms with E-state index in [1.165, 1.54) is 4.57 Å². The monoisotopic (exact) mass is 184 g/mol. The molecule has 0 aliphatic rings.